The van der Waals surface area contributed by atoms with E-state index in [0.29, 0.717) is 19.7 Å². The molecule has 6 nitrogen and oxygen atoms in total. The Morgan fingerprint density at radius 2 is 2.05 bits per heavy atom. The molecule has 2 heterocycles. The summed E-state index contributed by atoms with van der Waals surface area (Å²) in [6.45, 7) is 6.30. The zero-order valence-corrected chi connectivity index (χ0v) is 13.7. The topological polar surface area (TPSA) is 70.1 Å². The Bertz CT molecular complexity index is 416. The number of ether oxygens (including phenoxy) is 1. The molecule has 0 aromatic rings. The van der Waals surface area contributed by atoms with Gasteiger partial charge in [0.05, 0.1) is 19.3 Å². The molecule has 2 fully saturated rings. The molecule has 120 valence electrons. The van der Waals surface area contributed by atoms with Crippen molar-refractivity contribution in [2.75, 3.05) is 39.1 Å². The molecule has 0 aromatic carbocycles. The molecule has 7 heteroatoms. The predicted octanol–water partition coefficient (Wildman–Crippen LogP) is 1.36. The van der Waals surface area contributed by atoms with Crippen molar-refractivity contribution in [2.45, 2.75) is 31.1 Å². The number of carboxylic acid groups (broad SMARTS) is 1. The second-order valence-electron chi connectivity index (χ2n) is 6.29. The minimum atomic E-state index is -0.898. The summed E-state index contributed by atoms with van der Waals surface area (Å²) >= 11 is 1.88. The van der Waals surface area contributed by atoms with Gasteiger partial charge in [0.2, 0.25) is 0 Å². The fourth-order valence-electron chi connectivity index (χ4n) is 2.74. The molecule has 21 heavy (non-hydrogen) atoms. The standard InChI is InChI=1S/C14H24N2O4S/c1-14(2)4-5-16(6-7-21-14)13(19)15(3)11-9-20-8-10(11)12(17)18/h10-11H,4-9H2,1-3H3,(H,17,18). The first-order chi connectivity index (χ1) is 9.82. The number of hydrogen-bond acceptors (Lipinski definition) is 4. The minimum absolute atomic E-state index is 0.0879. The highest BCUT2D eigenvalue weighted by atomic mass is 32.2. The number of thioether (sulfide) groups is 1. The first-order valence-electron chi connectivity index (χ1n) is 7.28. The highest BCUT2D eigenvalue weighted by molar-refractivity contribution is 8.00. The average molecular weight is 316 g/mol. The quantitative estimate of drug-likeness (QED) is 0.833. The van der Waals surface area contributed by atoms with Gasteiger partial charge in [0.1, 0.15) is 5.92 Å². The Hall–Kier alpha value is -0.950. The highest BCUT2D eigenvalue weighted by Gasteiger charge is 2.40. The van der Waals surface area contributed by atoms with Gasteiger partial charge in [-0.2, -0.15) is 11.8 Å². The third kappa shape index (κ3) is 3.83. The van der Waals surface area contributed by atoms with Crippen LogP contribution in [-0.2, 0) is 9.53 Å². The van der Waals surface area contributed by atoms with E-state index in [-0.39, 0.29) is 23.4 Å². The molecule has 2 amide bonds. The van der Waals surface area contributed by atoms with Crippen LogP contribution in [0, 0.1) is 5.92 Å². The third-order valence-electron chi connectivity index (χ3n) is 4.28. The van der Waals surface area contributed by atoms with Gasteiger partial charge >= 0.3 is 12.0 Å². The van der Waals surface area contributed by atoms with Gasteiger partial charge in [-0.15, -0.1) is 0 Å². The van der Waals surface area contributed by atoms with Gasteiger partial charge in [0.25, 0.3) is 0 Å². The number of rotatable bonds is 2. The van der Waals surface area contributed by atoms with Crippen molar-refractivity contribution in [3.05, 3.63) is 0 Å². The summed E-state index contributed by atoms with van der Waals surface area (Å²) in [6.07, 6.45) is 0.945. The molecular weight excluding hydrogens is 292 g/mol. The lowest BCUT2D eigenvalue weighted by Crippen LogP contribution is -2.50. The Morgan fingerprint density at radius 1 is 1.33 bits per heavy atom. The van der Waals surface area contributed by atoms with E-state index in [2.05, 4.69) is 13.8 Å². The number of amides is 2. The molecule has 0 aliphatic carbocycles. The Morgan fingerprint density at radius 3 is 2.71 bits per heavy atom. The van der Waals surface area contributed by atoms with Gasteiger partial charge in [-0.1, -0.05) is 13.8 Å². The van der Waals surface area contributed by atoms with Crippen molar-refractivity contribution in [2.24, 2.45) is 5.92 Å². The third-order valence-corrected chi connectivity index (χ3v) is 5.65. The molecule has 2 saturated heterocycles. The van der Waals surface area contributed by atoms with E-state index in [0.717, 1.165) is 12.2 Å². The first kappa shape index (κ1) is 16.4. The van der Waals surface area contributed by atoms with E-state index in [1.165, 1.54) is 0 Å². The molecule has 0 spiro atoms. The van der Waals surface area contributed by atoms with Gasteiger partial charge in [-0.3, -0.25) is 4.79 Å². The number of carbonyl (C=O) groups is 2. The van der Waals surface area contributed by atoms with Crippen molar-refractivity contribution in [1.82, 2.24) is 9.80 Å². The van der Waals surface area contributed by atoms with Gasteiger partial charge in [0, 0.05) is 30.6 Å². The summed E-state index contributed by atoms with van der Waals surface area (Å²) < 4.78 is 5.44. The summed E-state index contributed by atoms with van der Waals surface area (Å²) in [6, 6.07) is -0.464. The van der Waals surface area contributed by atoms with Gasteiger partial charge < -0.3 is 19.6 Å². The van der Waals surface area contributed by atoms with Crippen molar-refractivity contribution in [1.29, 1.82) is 0 Å². The van der Waals surface area contributed by atoms with E-state index in [4.69, 9.17) is 4.74 Å². The number of likely N-dealkylation sites (N-methyl/N-ethyl adjacent to an activating group) is 1. The number of carboxylic acids is 1. The second-order valence-corrected chi connectivity index (χ2v) is 8.09. The van der Waals surface area contributed by atoms with Gasteiger partial charge in [-0.05, 0) is 6.42 Å². The summed E-state index contributed by atoms with van der Waals surface area (Å²) in [5, 5.41) is 9.20. The van der Waals surface area contributed by atoms with Crippen LogP contribution in [-0.4, -0.2) is 76.8 Å². The number of urea groups is 1. The monoisotopic (exact) mass is 316 g/mol. The number of nitrogens with zero attached hydrogens (tertiary/aromatic N) is 2. The predicted molar refractivity (Wildman–Crippen MR) is 81.6 cm³/mol. The minimum Gasteiger partial charge on any atom is -0.481 e. The lowest BCUT2D eigenvalue weighted by atomic mass is 10.0. The van der Waals surface area contributed by atoms with Crippen LogP contribution >= 0.6 is 11.8 Å². The van der Waals surface area contributed by atoms with E-state index in [9.17, 15) is 14.7 Å². The first-order valence-corrected chi connectivity index (χ1v) is 8.26. The second kappa shape index (κ2) is 6.44. The fourth-order valence-corrected chi connectivity index (χ4v) is 3.84. The number of hydrogen-bond donors (Lipinski definition) is 1. The molecular formula is C14H24N2O4S. The molecule has 0 radical (unpaired) electrons. The van der Waals surface area contributed by atoms with Crippen molar-refractivity contribution in [3.8, 4) is 0 Å². The molecule has 2 atom stereocenters. The van der Waals surface area contributed by atoms with Gasteiger partial charge in [-0.25, -0.2) is 4.79 Å². The van der Waals surface area contributed by atoms with Crippen LogP contribution in [0.2, 0.25) is 0 Å². The largest absolute Gasteiger partial charge is 0.481 e. The van der Waals surface area contributed by atoms with Crippen LogP contribution in [0.3, 0.4) is 0 Å². The van der Waals surface area contributed by atoms with Crippen LogP contribution < -0.4 is 0 Å². The molecule has 0 aromatic heterocycles. The molecule has 1 N–H and O–H groups in total. The van der Waals surface area contributed by atoms with Crippen LogP contribution in [0.5, 0.6) is 0 Å². The lowest BCUT2D eigenvalue weighted by molar-refractivity contribution is -0.142. The maximum atomic E-state index is 12.6. The van der Waals surface area contributed by atoms with Crippen LogP contribution in [0.25, 0.3) is 0 Å². The van der Waals surface area contributed by atoms with E-state index in [1.807, 2.05) is 16.7 Å². The molecule has 2 aliphatic heterocycles. The van der Waals surface area contributed by atoms with E-state index < -0.39 is 11.9 Å². The van der Waals surface area contributed by atoms with Gasteiger partial charge in [0.15, 0.2) is 0 Å². The number of aliphatic carboxylic acids is 1. The molecule has 2 unspecified atom stereocenters. The molecule has 0 saturated carbocycles. The lowest BCUT2D eigenvalue weighted by Gasteiger charge is -2.32. The number of carbonyl (C=O) groups excluding carboxylic acids is 1. The average Bonchev–Trinajstić information content (AvgIpc) is 2.83. The summed E-state index contributed by atoms with van der Waals surface area (Å²) in [5.74, 6) is -0.614. The summed E-state index contributed by atoms with van der Waals surface area (Å²) in [7, 11) is 1.68. The highest BCUT2D eigenvalue weighted by Crippen LogP contribution is 2.31. The smallest absolute Gasteiger partial charge is 0.320 e. The Labute approximate surface area is 129 Å². The Balaban J connectivity index is 2.00. The molecule has 0 bridgehead atoms. The van der Waals surface area contributed by atoms with Crippen LogP contribution in [0.4, 0.5) is 4.79 Å². The SMILES string of the molecule is CN(C(=O)N1CCSC(C)(C)CC1)C1COCC1C(=O)O. The summed E-state index contributed by atoms with van der Waals surface area (Å²) in [5.41, 5.74) is 0. The molecule has 2 aliphatic rings. The van der Waals surface area contributed by atoms with E-state index in [1.54, 1.807) is 11.9 Å². The van der Waals surface area contributed by atoms with Crippen molar-refractivity contribution >= 4 is 23.8 Å². The van der Waals surface area contributed by atoms with Crippen molar-refractivity contribution < 1.29 is 19.4 Å². The van der Waals surface area contributed by atoms with E-state index >= 15 is 0 Å². The zero-order valence-electron chi connectivity index (χ0n) is 12.9. The fraction of sp³-hybridized carbons (Fsp3) is 0.857. The van der Waals surface area contributed by atoms with Crippen molar-refractivity contribution in [3.63, 3.8) is 0 Å². The maximum absolute atomic E-state index is 12.6. The normalized spacial score (nSPS) is 29.0. The molecule has 2 rings (SSSR count). The maximum Gasteiger partial charge on any atom is 0.320 e. The Kier molecular flexibility index (Phi) is 5.03. The van der Waals surface area contributed by atoms with Crippen LogP contribution in [0.1, 0.15) is 20.3 Å². The zero-order chi connectivity index (χ0) is 15.6. The van der Waals surface area contributed by atoms with Crippen LogP contribution in [0.15, 0.2) is 0 Å². The summed E-state index contributed by atoms with van der Waals surface area (Å²) in [4.78, 5) is 27.2.